The maximum absolute atomic E-state index is 12.1. The van der Waals surface area contributed by atoms with Gasteiger partial charge in [0.25, 0.3) is 5.91 Å². The molecule has 0 atom stereocenters. The molecule has 0 fully saturated rings. The van der Waals surface area contributed by atoms with E-state index >= 15 is 0 Å². The largest absolute Gasteiger partial charge is 0.484 e. The number of nitrogens with one attached hydrogen (secondary N) is 1. The number of allylic oxidation sites excluding steroid dienone is 1. The molecule has 3 aromatic carbocycles. The van der Waals surface area contributed by atoms with Gasteiger partial charge in [0, 0.05) is 11.3 Å². The van der Waals surface area contributed by atoms with Gasteiger partial charge in [-0.2, -0.15) is 0 Å². The fourth-order valence-corrected chi connectivity index (χ4v) is 2.57. The fraction of sp³-hybridized carbons (Fsp3) is 0.0833. The van der Waals surface area contributed by atoms with Crippen LogP contribution in [0, 0.1) is 6.92 Å². The first kappa shape index (κ1) is 19.1. The van der Waals surface area contributed by atoms with Gasteiger partial charge in [0.2, 0.25) is 0 Å². The lowest BCUT2D eigenvalue weighted by Gasteiger charge is -2.08. The molecule has 28 heavy (non-hydrogen) atoms. The Kier molecular flexibility index (Phi) is 6.37. The Morgan fingerprint density at radius 2 is 1.68 bits per heavy atom. The molecule has 0 heterocycles. The van der Waals surface area contributed by atoms with E-state index in [0.717, 1.165) is 11.1 Å². The standard InChI is InChI=1S/C24H21NO3/c1-18-10-13-22(14-11-18)28-17-24(27)25-21-9-5-6-19(16-21)12-15-23(26)20-7-3-2-4-8-20/h2-16H,17H2,1H3,(H,25,27). The van der Waals surface area contributed by atoms with Crippen molar-refractivity contribution in [2.75, 3.05) is 11.9 Å². The Morgan fingerprint density at radius 3 is 2.43 bits per heavy atom. The van der Waals surface area contributed by atoms with Crippen LogP contribution in [0.3, 0.4) is 0 Å². The Balaban J connectivity index is 1.56. The molecule has 0 spiro atoms. The van der Waals surface area contributed by atoms with Crippen molar-refractivity contribution in [3.63, 3.8) is 0 Å². The van der Waals surface area contributed by atoms with Gasteiger partial charge in [-0.1, -0.05) is 66.2 Å². The molecule has 0 aliphatic heterocycles. The second-order valence-electron chi connectivity index (χ2n) is 6.34. The predicted octanol–water partition coefficient (Wildman–Crippen LogP) is 4.91. The number of benzene rings is 3. The van der Waals surface area contributed by atoms with Gasteiger partial charge in [-0.05, 0) is 42.8 Å². The lowest BCUT2D eigenvalue weighted by molar-refractivity contribution is -0.118. The summed E-state index contributed by atoms with van der Waals surface area (Å²) in [6, 6.07) is 23.9. The normalized spacial score (nSPS) is 10.6. The molecule has 3 aromatic rings. The predicted molar refractivity (Wildman–Crippen MR) is 112 cm³/mol. The molecule has 0 radical (unpaired) electrons. The summed E-state index contributed by atoms with van der Waals surface area (Å²) in [5.41, 5.74) is 3.23. The molecule has 0 aromatic heterocycles. The minimum Gasteiger partial charge on any atom is -0.484 e. The van der Waals surface area contributed by atoms with Crippen LogP contribution in [0.1, 0.15) is 21.5 Å². The van der Waals surface area contributed by atoms with E-state index in [2.05, 4.69) is 5.32 Å². The number of ketones is 1. The summed E-state index contributed by atoms with van der Waals surface area (Å²) in [5.74, 6) is 0.334. The van der Waals surface area contributed by atoms with E-state index in [1.807, 2.05) is 61.5 Å². The summed E-state index contributed by atoms with van der Waals surface area (Å²) in [6.07, 6.45) is 3.25. The molecule has 4 nitrogen and oxygen atoms in total. The third kappa shape index (κ3) is 5.68. The lowest BCUT2D eigenvalue weighted by Crippen LogP contribution is -2.20. The van der Waals surface area contributed by atoms with Crippen molar-refractivity contribution in [1.82, 2.24) is 0 Å². The quantitative estimate of drug-likeness (QED) is 0.474. The second kappa shape index (κ2) is 9.33. The Hall–Kier alpha value is -3.66. The van der Waals surface area contributed by atoms with Crippen molar-refractivity contribution in [2.45, 2.75) is 6.92 Å². The zero-order valence-electron chi connectivity index (χ0n) is 15.6. The molecule has 0 unspecified atom stereocenters. The van der Waals surface area contributed by atoms with Crippen LogP contribution in [-0.4, -0.2) is 18.3 Å². The zero-order chi connectivity index (χ0) is 19.8. The maximum atomic E-state index is 12.1. The number of rotatable bonds is 7. The molecule has 4 heteroatoms. The van der Waals surface area contributed by atoms with E-state index in [1.54, 1.807) is 30.3 Å². The third-order valence-electron chi connectivity index (χ3n) is 4.05. The van der Waals surface area contributed by atoms with E-state index in [0.29, 0.717) is 17.0 Å². The van der Waals surface area contributed by atoms with Gasteiger partial charge in [-0.3, -0.25) is 9.59 Å². The Morgan fingerprint density at radius 1 is 0.929 bits per heavy atom. The highest BCUT2D eigenvalue weighted by Crippen LogP contribution is 2.14. The van der Waals surface area contributed by atoms with Crippen LogP contribution < -0.4 is 10.1 Å². The highest BCUT2D eigenvalue weighted by atomic mass is 16.5. The summed E-state index contributed by atoms with van der Waals surface area (Å²) in [4.78, 5) is 24.3. The van der Waals surface area contributed by atoms with Crippen molar-refractivity contribution in [2.24, 2.45) is 0 Å². The number of hydrogen-bond donors (Lipinski definition) is 1. The summed E-state index contributed by atoms with van der Waals surface area (Å²) in [6.45, 7) is 1.92. The summed E-state index contributed by atoms with van der Waals surface area (Å²) < 4.78 is 5.48. The number of amides is 1. The van der Waals surface area contributed by atoms with Gasteiger partial charge in [-0.25, -0.2) is 0 Å². The van der Waals surface area contributed by atoms with E-state index in [4.69, 9.17) is 4.74 Å². The number of aryl methyl sites for hydroxylation is 1. The van der Waals surface area contributed by atoms with Gasteiger partial charge in [0.1, 0.15) is 5.75 Å². The summed E-state index contributed by atoms with van der Waals surface area (Å²) >= 11 is 0. The number of ether oxygens (including phenoxy) is 1. The molecule has 0 aliphatic carbocycles. The Labute approximate surface area is 164 Å². The number of anilines is 1. The SMILES string of the molecule is Cc1ccc(OCC(=O)Nc2cccc(C=CC(=O)c3ccccc3)c2)cc1. The van der Waals surface area contributed by atoms with Gasteiger partial charge in [-0.15, -0.1) is 0 Å². The molecular formula is C24H21NO3. The molecule has 0 aliphatic rings. The second-order valence-corrected chi connectivity index (χ2v) is 6.34. The van der Waals surface area contributed by atoms with Crippen LogP contribution in [0.4, 0.5) is 5.69 Å². The molecule has 0 bridgehead atoms. The van der Waals surface area contributed by atoms with Gasteiger partial charge < -0.3 is 10.1 Å². The van der Waals surface area contributed by atoms with E-state index in [9.17, 15) is 9.59 Å². The van der Waals surface area contributed by atoms with Crippen LogP contribution in [0.15, 0.2) is 84.9 Å². The van der Waals surface area contributed by atoms with Crippen molar-refractivity contribution in [1.29, 1.82) is 0 Å². The van der Waals surface area contributed by atoms with E-state index in [1.165, 1.54) is 6.08 Å². The number of carbonyl (C=O) groups is 2. The minimum atomic E-state index is -0.248. The molecule has 0 saturated heterocycles. The van der Waals surface area contributed by atoms with Crippen LogP contribution in [-0.2, 0) is 4.79 Å². The average Bonchev–Trinajstić information content (AvgIpc) is 2.72. The lowest BCUT2D eigenvalue weighted by atomic mass is 10.1. The monoisotopic (exact) mass is 371 g/mol. The topological polar surface area (TPSA) is 55.4 Å². The molecule has 0 saturated carbocycles. The van der Waals surface area contributed by atoms with Gasteiger partial charge >= 0.3 is 0 Å². The molecule has 1 N–H and O–H groups in total. The van der Waals surface area contributed by atoms with E-state index in [-0.39, 0.29) is 18.3 Å². The van der Waals surface area contributed by atoms with Crippen LogP contribution in [0.25, 0.3) is 6.08 Å². The Bertz CT molecular complexity index is 976. The van der Waals surface area contributed by atoms with Crippen molar-refractivity contribution in [3.8, 4) is 5.75 Å². The van der Waals surface area contributed by atoms with Crippen LogP contribution in [0.2, 0.25) is 0 Å². The van der Waals surface area contributed by atoms with Crippen LogP contribution in [0.5, 0.6) is 5.75 Å². The maximum Gasteiger partial charge on any atom is 0.262 e. The highest BCUT2D eigenvalue weighted by molar-refractivity contribution is 6.06. The highest BCUT2D eigenvalue weighted by Gasteiger charge is 2.05. The van der Waals surface area contributed by atoms with Crippen molar-refractivity contribution in [3.05, 3.63) is 102 Å². The van der Waals surface area contributed by atoms with E-state index < -0.39 is 0 Å². The molecule has 1 amide bonds. The third-order valence-corrected chi connectivity index (χ3v) is 4.05. The minimum absolute atomic E-state index is 0.0680. The number of hydrogen-bond acceptors (Lipinski definition) is 3. The van der Waals surface area contributed by atoms with Gasteiger partial charge in [0.15, 0.2) is 12.4 Å². The first-order valence-electron chi connectivity index (χ1n) is 8.97. The first-order valence-corrected chi connectivity index (χ1v) is 8.97. The molecule has 140 valence electrons. The zero-order valence-corrected chi connectivity index (χ0v) is 15.6. The summed E-state index contributed by atoms with van der Waals surface area (Å²) in [7, 11) is 0. The van der Waals surface area contributed by atoms with Crippen LogP contribution >= 0.6 is 0 Å². The number of carbonyl (C=O) groups excluding carboxylic acids is 2. The van der Waals surface area contributed by atoms with Crippen molar-refractivity contribution >= 4 is 23.5 Å². The summed E-state index contributed by atoms with van der Waals surface area (Å²) in [5, 5.41) is 2.80. The molecular weight excluding hydrogens is 350 g/mol. The molecule has 3 rings (SSSR count). The first-order chi connectivity index (χ1) is 13.6. The average molecular weight is 371 g/mol. The van der Waals surface area contributed by atoms with Crippen molar-refractivity contribution < 1.29 is 14.3 Å². The fourth-order valence-electron chi connectivity index (χ4n) is 2.57. The smallest absolute Gasteiger partial charge is 0.262 e. The van der Waals surface area contributed by atoms with Gasteiger partial charge in [0.05, 0.1) is 0 Å².